The largest absolute Gasteiger partial charge is 0.399 e. The number of terminal acetylenes is 1. The average molecular weight is 478 g/mol. The van der Waals surface area contributed by atoms with Gasteiger partial charge in [0.1, 0.15) is 17.8 Å². The van der Waals surface area contributed by atoms with Gasteiger partial charge < -0.3 is 15.1 Å². The van der Waals surface area contributed by atoms with E-state index in [1.54, 1.807) is 19.5 Å². The van der Waals surface area contributed by atoms with Crippen molar-refractivity contribution >= 4 is 33.9 Å². The molecule has 0 unspecified atom stereocenters. The van der Waals surface area contributed by atoms with E-state index in [2.05, 4.69) is 37.3 Å². The molecule has 0 radical (unpaired) electrons. The zero-order valence-electron chi connectivity index (χ0n) is 19.4. The van der Waals surface area contributed by atoms with Crippen LogP contribution in [0.1, 0.15) is 49.7 Å². The van der Waals surface area contributed by atoms with Crippen LogP contribution in [0.25, 0.3) is 5.57 Å². The summed E-state index contributed by atoms with van der Waals surface area (Å²) in [6.07, 6.45) is 15.3. The Morgan fingerprint density at radius 3 is 2.71 bits per heavy atom. The first-order valence-corrected chi connectivity index (χ1v) is 12.7. The van der Waals surface area contributed by atoms with Crippen molar-refractivity contribution in [2.45, 2.75) is 49.5 Å². The lowest BCUT2D eigenvalue weighted by molar-refractivity contribution is 0.206. The summed E-state index contributed by atoms with van der Waals surface area (Å²) in [5.74, 6) is 5.12. The maximum Gasteiger partial charge on any atom is 0.227 e. The SMILES string of the molecule is C#Cc1cnc(C2=CCN(c3nc4c(c(NC5(/C(C)=N/OC)CCC5)n3)[S@](=O)CC4)CC2)nc1. The van der Waals surface area contributed by atoms with E-state index in [-0.39, 0.29) is 5.54 Å². The lowest BCUT2D eigenvalue weighted by Gasteiger charge is -2.42. The van der Waals surface area contributed by atoms with Gasteiger partial charge in [0.2, 0.25) is 5.95 Å². The summed E-state index contributed by atoms with van der Waals surface area (Å²) in [7, 11) is 0.448. The number of nitrogens with one attached hydrogen (secondary N) is 1. The van der Waals surface area contributed by atoms with Crippen molar-refractivity contribution in [3.8, 4) is 12.3 Å². The van der Waals surface area contributed by atoms with Crippen molar-refractivity contribution < 1.29 is 9.05 Å². The average Bonchev–Trinajstić information content (AvgIpc) is 3.22. The lowest BCUT2D eigenvalue weighted by atomic mass is 9.73. The summed E-state index contributed by atoms with van der Waals surface area (Å²) in [6.45, 7) is 3.35. The monoisotopic (exact) mass is 477 g/mol. The summed E-state index contributed by atoms with van der Waals surface area (Å²) < 4.78 is 12.8. The third-order valence-corrected chi connectivity index (χ3v) is 8.22. The Labute approximate surface area is 201 Å². The molecule has 0 spiro atoms. The molecule has 1 fully saturated rings. The van der Waals surface area contributed by atoms with Crippen LogP contribution in [0.2, 0.25) is 0 Å². The molecule has 176 valence electrons. The minimum absolute atomic E-state index is 0.320. The van der Waals surface area contributed by atoms with Crippen molar-refractivity contribution in [2.24, 2.45) is 5.16 Å². The molecule has 1 atom stereocenters. The first-order valence-electron chi connectivity index (χ1n) is 11.4. The molecular weight excluding hydrogens is 450 g/mol. The summed E-state index contributed by atoms with van der Waals surface area (Å²) in [6, 6.07) is 0. The van der Waals surface area contributed by atoms with E-state index in [4.69, 9.17) is 21.2 Å². The predicted molar refractivity (Wildman–Crippen MR) is 132 cm³/mol. The standard InChI is InChI=1S/C24H27N7O2S/c1-4-17-14-25-21(26-15-17)18-6-11-31(12-7-18)23-27-19-8-13-34(32)20(19)22(28-23)29-24(9-5-10-24)16(2)30-33-3/h1,6,14-15H,5,7-13H2,2-3H3,(H,27,28,29)/b30-16+/t34-/m1/s1. The van der Waals surface area contributed by atoms with Gasteiger partial charge in [0.05, 0.1) is 33.3 Å². The van der Waals surface area contributed by atoms with Crippen molar-refractivity contribution in [1.29, 1.82) is 0 Å². The molecule has 34 heavy (non-hydrogen) atoms. The Balaban J connectivity index is 1.42. The third kappa shape index (κ3) is 4.05. The summed E-state index contributed by atoms with van der Waals surface area (Å²) in [5, 5.41) is 7.78. The van der Waals surface area contributed by atoms with Crippen LogP contribution in [-0.4, -0.2) is 61.3 Å². The maximum atomic E-state index is 12.8. The Morgan fingerprint density at radius 2 is 2.09 bits per heavy atom. The lowest BCUT2D eigenvalue weighted by Crippen LogP contribution is -2.51. The van der Waals surface area contributed by atoms with E-state index >= 15 is 0 Å². The highest BCUT2D eigenvalue weighted by Crippen LogP contribution is 2.40. The molecule has 10 heteroatoms. The number of fused-ring (bicyclic) bond motifs is 1. The fourth-order valence-corrected chi connectivity index (χ4v) is 5.90. The summed E-state index contributed by atoms with van der Waals surface area (Å²) in [4.78, 5) is 26.4. The van der Waals surface area contributed by atoms with Gasteiger partial charge in [-0.25, -0.2) is 15.0 Å². The van der Waals surface area contributed by atoms with E-state index in [0.29, 0.717) is 41.9 Å². The van der Waals surface area contributed by atoms with E-state index in [1.165, 1.54) is 0 Å². The van der Waals surface area contributed by atoms with Crippen LogP contribution in [0.3, 0.4) is 0 Å². The molecule has 2 aromatic rings. The van der Waals surface area contributed by atoms with Gasteiger partial charge in [0, 0.05) is 37.7 Å². The van der Waals surface area contributed by atoms with E-state index in [1.807, 2.05) is 6.92 Å². The van der Waals surface area contributed by atoms with Gasteiger partial charge in [-0.1, -0.05) is 17.2 Å². The molecule has 0 amide bonds. The third-order valence-electron chi connectivity index (χ3n) is 6.76. The number of nitrogens with zero attached hydrogens (tertiary/aromatic N) is 6. The zero-order valence-corrected chi connectivity index (χ0v) is 20.2. The molecule has 0 bridgehead atoms. The zero-order chi connectivity index (χ0) is 23.7. The smallest absolute Gasteiger partial charge is 0.227 e. The van der Waals surface area contributed by atoms with Crippen molar-refractivity contribution in [3.05, 3.63) is 35.6 Å². The molecule has 0 aromatic carbocycles. The highest BCUT2D eigenvalue weighted by Gasteiger charge is 2.42. The number of aryl methyl sites for hydroxylation is 1. The predicted octanol–water partition coefficient (Wildman–Crippen LogP) is 2.56. The van der Waals surface area contributed by atoms with Gasteiger partial charge in [-0.3, -0.25) is 4.21 Å². The fraction of sp³-hybridized carbons (Fsp3) is 0.458. The summed E-state index contributed by atoms with van der Waals surface area (Å²) in [5.41, 5.74) is 3.17. The van der Waals surface area contributed by atoms with Gasteiger partial charge in [-0.2, -0.15) is 4.98 Å². The Hall–Kier alpha value is -3.32. The molecule has 1 N–H and O–H groups in total. The molecule has 1 saturated carbocycles. The molecule has 2 aromatic heterocycles. The van der Waals surface area contributed by atoms with Crippen LogP contribution in [0.4, 0.5) is 11.8 Å². The van der Waals surface area contributed by atoms with Crippen molar-refractivity contribution in [1.82, 2.24) is 19.9 Å². The van der Waals surface area contributed by atoms with Gasteiger partial charge in [-0.05, 0) is 38.2 Å². The molecule has 3 aliphatic rings. The van der Waals surface area contributed by atoms with E-state index in [9.17, 15) is 4.21 Å². The van der Waals surface area contributed by atoms with Crippen LogP contribution in [0.5, 0.6) is 0 Å². The Kier molecular flexibility index (Phi) is 6.04. The topological polar surface area (TPSA) is 105 Å². The first-order chi connectivity index (χ1) is 16.5. The molecule has 1 aliphatic carbocycles. The summed E-state index contributed by atoms with van der Waals surface area (Å²) >= 11 is 0. The first kappa shape index (κ1) is 22.5. The number of rotatable bonds is 6. The molecular formula is C24H27N7O2S. The minimum atomic E-state index is -1.11. The number of hydrogen-bond donors (Lipinski definition) is 1. The maximum absolute atomic E-state index is 12.8. The number of oxime groups is 1. The molecule has 5 rings (SSSR count). The normalized spacial score (nSPS) is 21.2. The van der Waals surface area contributed by atoms with Crippen molar-refractivity contribution in [3.63, 3.8) is 0 Å². The highest BCUT2D eigenvalue weighted by molar-refractivity contribution is 7.85. The van der Waals surface area contributed by atoms with Gasteiger partial charge in [0.25, 0.3) is 0 Å². The second kappa shape index (κ2) is 9.14. The van der Waals surface area contributed by atoms with Crippen LogP contribution in [-0.2, 0) is 22.1 Å². The van der Waals surface area contributed by atoms with Crippen LogP contribution < -0.4 is 10.2 Å². The Morgan fingerprint density at radius 1 is 1.29 bits per heavy atom. The number of aromatic nitrogens is 4. The highest BCUT2D eigenvalue weighted by atomic mass is 32.2. The minimum Gasteiger partial charge on any atom is -0.399 e. The number of hydrogen-bond acceptors (Lipinski definition) is 9. The molecule has 9 nitrogen and oxygen atoms in total. The quantitative estimate of drug-likeness (QED) is 0.384. The molecule has 4 heterocycles. The second-order valence-corrected chi connectivity index (χ2v) is 10.2. The van der Waals surface area contributed by atoms with Crippen LogP contribution >= 0.6 is 0 Å². The van der Waals surface area contributed by atoms with E-state index < -0.39 is 10.8 Å². The Bertz CT molecular complexity index is 1230. The van der Waals surface area contributed by atoms with Crippen molar-refractivity contribution in [2.75, 3.05) is 36.2 Å². The second-order valence-electron chi connectivity index (χ2n) is 8.73. The van der Waals surface area contributed by atoms with Gasteiger partial charge in [-0.15, -0.1) is 6.42 Å². The van der Waals surface area contributed by atoms with Gasteiger partial charge >= 0.3 is 0 Å². The fourth-order valence-electron chi connectivity index (χ4n) is 4.59. The van der Waals surface area contributed by atoms with Crippen LogP contribution in [0.15, 0.2) is 28.5 Å². The van der Waals surface area contributed by atoms with E-state index in [0.717, 1.165) is 54.1 Å². The molecule has 0 saturated heterocycles. The van der Waals surface area contributed by atoms with Gasteiger partial charge in [0.15, 0.2) is 5.82 Å². The number of anilines is 2. The van der Waals surface area contributed by atoms with Crippen LogP contribution in [0, 0.1) is 12.3 Å². The molecule has 2 aliphatic heterocycles.